The Labute approximate surface area is 105 Å². The van der Waals surface area contributed by atoms with Crippen LogP contribution in [-0.4, -0.2) is 15.6 Å². The number of carbonyl (C=O) groups excluding carboxylic acids is 1. The van der Waals surface area contributed by atoms with Gasteiger partial charge in [-0.1, -0.05) is 6.07 Å². The van der Waals surface area contributed by atoms with Gasteiger partial charge in [-0.05, 0) is 43.9 Å². The van der Waals surface area contributed by atoms with Crippen molar-refractivity contribution in [3.63, 3.8) is 0 Å². The molecule has 18 heavy (non-hydrogen) atoms. The summed E-state index contributed by atoms with van der Waals surface area (Å²) in [7, 11) is 2.01. The molecule has 3 rings (SSSR count). The first-order valence-corrected chi connectivity index (χ1v) is 6.19. The van der Waals surface area contributed by atoms with Crippen molar-refractivity contribution in [3.8, 4) is 0 Å². The molecule has 0 atom stereocenters. The third kappa shape index (κ3) is 1.42. The van der Waals surface area contributed by atoms with Gasteiger partial charge in [0.15, 0.2) is 0 Å². The summed E-state index contributed by atoms with van der Waals surface area (Å²) in [6, 6.07) is 6.18. The second-order valence-corrected chi connectivity index (χ2v) is 5.01. The second-order valence-electron chi connectivity index (χ2n) is 5.01. The molecule has 0 radical (unpaired) electrons. The number of aromatic nitrogens is 2. The summed E-state index contributed by atoms with van der Waals surface area (Å²) < 4.78 is 2.07. The van der Waals surface area contributed by atoms with E-state index in [0.29, 0.717) is 0 Å². The van der Waals surface area contributed by atoms with Crippen LogP contribution in [0.4, 0.5) is 0 Å². The molecule has 1 aromatic carbocycles. The molecule has 0 unspecified atom stereocenters. The van der Waals surface area contributed by atoms with Gasteiger partial charge in [0.1, 0.15) is 5.82 Å². The summed E-state index contributed by atoms with van der Waals surface area (Å²) in [5, 5.41) is 0. The number of aliphatic imine (C=N–C) groups is 1. The molecule has 0 aliphatic heterocycles. The fourth-order valence-corrected chi connectivity index (χ4v) is 2.67. The van der Waals surface area contributed by atoms with Gasteiger partial charge in [0.05, 0.1) is 16.6 Å². The van der Waals surface area contributed by atoms with Gasteiger partial charge in [-0.15, -0.1) is 0 Å². The van der Waals surface area contributed by atoms with Crippen LogP contribution < -0.4 is 0 Å². The van der Waals surface area contributed by atoms with Crippen molar-refractivity contribution >= 4 is 17.1 Å². The quantitative estimate of drug-likeness (QED) is 0.599. The predicted octanol–water partition coefficient (Wildman–Crippen LogP) is 2.60. The maximum Gasteiger partial charge on any atom is 0.235 e. The molecule has 1 aliphatic rings. The molecular weight excluding hydrogens is 226 g/mol. The molecule has 1 heterocycles. The lowest BCUT2D eigenvalue weighted by molar-refractivity contribution is 0.256. The smallest absolute Gasteiger partial charge is 0.235 e. The van der Waals surface area contributed by atoms with Gasteiger partial charge < -0.3 is 4.57 Å². The van der Waals surface area contributed by atoms with Gasteiger partial charge in [0, 0.05) is 7.05 Å². The van der Waals surface area contributed by atoms with E-state index in [1.807, 2.05) is 14.0 Å². The van der Waals surface area contributed by atoms with Crippen molar-refractivity contribution in [2.75, 3.05) is 0 Å². The van der Waals surface area contributed by atoms with Gasteiger partial charge >= 0.3 is 0 Å². The highest BCUT2D eigenvalue weighted by atomic mass is 16.1. The van der Waals surface area contributed by atoms with E-state index >= 15 is 0 Å². The van der Waals surface area contributed by atoms with Crippen LogP contribution in [0.25, 0.3) is 11.0 Å². The van der Waals surface area contributed by atoms with Crippen LogP contribution in [0.1, 0.15) is 30.7 Å². The summed E-state index contributed by atoms with van der Waals surface area (Å²) in [6.07, 6.45) is 4.70. The first-order chi connectivity index (χ1) is 8.66. The number of benzene rings is 1. The summed E-state index contributed by atoms with van der Waals surface area (Å²) in [5.41, 5.74) is 2.84. The number of fused-ring (bicyclic) bond motifs is 1. The first-order valence-electron chi connectivity index (χ1n) is 6.19. The minimum Gasteiger partial charge on any atom is -0.331 e. The Bertz CT molecular complexity index is 661. The van der Waals surface area contributed by atoms with Crippen molar-refractivity contribution in [1.29, 1.82) is 0 Å². The van der Waals surface area contributed by atoms with Crippen LogP contribution in [0.2, 0.25) is 0 Å². The summed E-state index contributed by atoms with van der Waals surface area (Å²) in [5.74, 6) is 0.990. The molecule has 0 bridgehead atoms. The fourth-order valence-electron chi connectivity index (χ4n) is 2.67. The number of isocyanates is 1. The minimum atomic E-state index is -0.332. The Morgan fingerprint density at radius 1 is 1.44 bits per heavy atom. The lowest BCUT2D eigenvalue weighted by Gasteiger charge is -2.37. The van der Waals surface area contributed by atoms with E-state index in [1.165, 1.54) is 0 Å². The summed E-state index contributed by atoms with van der Waals surface area (Å²) >= 11 is 0. The minimum absolute atomic E-state index is 0.332. The molecule has 2 aromatic rings. The molecular formula is C14H15N3O. The normalized spacial score (nSPS) is 17.2. The molecule has 1 aliphatic carbocycles. The van der Waals surface area contributed by atoms with Crippen LogP contribution in [0.15, 0.2) is 23.2 Å². The highest BCUT2D eigenvalue weighted by molar-refractivity contribution is 5.77. The maximum atomic E-state index is 10.6. The second kappa shape index (κ2) is 3.79. The first kappa shape index (κ1) is 11.2. The van der Waals surface area contributed by atoms with Gasteiger partial charge in [-0.2, -0.15) is 4.99 Å². The van der Waals surface area contributed by atoms with E-state index < -0.39 is 0 Å². The Kier molecular flexibility index (Phi) is 2.35. The van der Waals surface area contributed by atoms with Gasteiger partial charge in [0.2, 0.25) is 6.08 Å². The Hall–Kier alpha value is -1.93. The zero-order valence-corrected chi connectivity index (χ0v) is 10.6. The van der Waals surface area contributed by atoms with Crippen LogP contribution in [-0.2, 0) is 17.4 Å². The molecule has 1 saturated carbocycles. The SMILES string of the molecule is Cc1nc2cc(C3(N=C=O)CCC3)ccc2n1C. The van der Waals surface area contributed by atoms with Gasteiger partial charge in [-0.3, -0.25) is 0 Å². The van der Waals surface area contributed by atoms with E-state index in [9.17, 15) is 4.79 Å². The van der Waals surface area contributed by atoms with Crippen LogP contribution in [0.5, 0.6) is 0 Å². The van der Waals surface area contributed by atoms with E-state index in [0.717, 1.165) is 41.7 Å². The van der Waals surface area contributed by atoms with E-state index in [-0.39, 0.29) is 5.54 Å². The van der Waals surface area contributed by atoms with Crippen LogP contribution in [0.3, 0.4) is 0 Å². The predicted molar refractivity (Wildman–Crippen MR) is 69.1 cm³/mol. The van der Waals surface area contributed by atoms with Gasteiger partial charge in [0.25, 0.3) is 0 Å². The number of hydrogen-bond donors (Lipinski definition) is 0. The Morgan fingerprint density at radius 3 is 2.83 bits per heavy atom. The largest absolute Gasteiger partial charge is 0.331 e. The number of hydrogen-bond acceptors (Lipinski definition) is 3. The van der Waals surface area contributed by atoms with E-state index in [1.54, 1.807) is 6.08 Å². The molecule has 92 valence electrons. The lowest BCUT2D eigenvalue weighted by Crippen LogP contribution is -2.31. The van der Waals surface area contributed by atoms with Crippen molar-refractivity contribution in [2.24, 2.45) is 12.0 Å². The standard InChI is InChI=1S/C14H15N3O/c1-10-16-12-8-11(4-5-13(12)17(10)2)14(15-9-18)6-3-7-14/h4-5,8H,3,6-7H2,1-2H3. The molecule has 4 nitrogen and oxygen atoms in total. The average molecular weight is 241 g/mol. The van der Waals surface area contributed by atoms with E-state index in [4.69, 9.17) is 0 Å². The summed E-state index contributed by atoms with van der Waals surface area (Å²) in [6.45, 7) is 1.99. The molecule has 0 amide bonds. The van der Waals surface area contributed by atoms with Crippen molar-refractivity contribution in [3.05, 3.63) is 29.6 Å². The lowest BCUT2D eigenvalue weighted by atomic mass is 9.72. The van der Waals surface area contributed by atoms with E-state index in [2.05, 4.69) is 32.7 Å². The average Bonchev–Trinajstić information content (AvgIpc) is 2.59. The highest BCUT2D eigenvalue weighted by Gasteiger charge is 2.39. The van der Waals surface area contributed by atoms with Crippen molar-refractivity contribution < 1.29 is 4.79 Å². The molecule has 1 fully saturated rings. The van der Waals surface area contributed by atoms with Crippen molar-refractivity contribution in [1.82, 2.24) is 9.55 Å². The number of aryl methyl sites for hydroxylation is 2. The molecule has 1 aromatic heterocycles. The monoisotopic (exact) mass is 241 g/mol. The van der Waals surface area contributed by atoms with Gasteiger partial charge in [-0.25, -0.2) is 9.78 Å². The number of imidazole rings is 1. The fraction of sp³-hybridized carbons (Fsp3) is 0.429. The zero-order chi connectivity index (χ0) is 12.8. The number of rotatable bonds is 2. The topological polar surface area (TPSA) is 47.2 Å². The summed E-state index contributed by atoms with van der Waals surface area (Å²) in [4.78, 5) is 19.2. The highest BCUT2D eigenvalue weighted by Crippen LogP contribution is 2.45. The molecule has 0 spiro atoms. The third-order valence-corrected chi connectivity index (χ3v) is 4.08. The molecule has 0 N–H and O–H groups in total. The third-order valence-electron chi connectivity index (χ3n) is 4.08. The number of nitrogens with zero attached hydrogens (tertiary/aromatic N) is 3. The zero-order valence-electron chi connectivity index (χ0n) is 10.6. The maximum absolute atomic E-state index is 10.6. The van der Waals surface area contributed by atoms with Crippen LogP contribution >= 0.6 is 0 Å². The Balaban J connectivity index is 2.16. The molecule has 0 saturated heterocycles. The Morgan fingerprint density at radius 2 is 2.22 bits per heavy atom. The van der Waals surface area contributed by atoms with Crippen LogP contribution in [0, 0.1) is 6.92 Å². The van der Waals surface area contributed by atoms with Crippen molar-refractivity contribution in [2.45, 2.75) is 31.7 Å². The molecule has 4 heteroatoms.